The molecule has 3 N–H and O–H groups in total. The van der Waals surface area contributed by atoms with Crippen LogP contribution in [0.3, 0.4) is 0 Å². The fraction of sp³-hybridized carbons (Fsp3) is 0.462. The second-order valence-electron chi connectivity index (χ2n) is 4.94. The van der Waals surface area contributed by atoms with Crippen molar-refractivity contribution in [3.63, 3.8) is 0 Å². The molecule has 1 unspecified atom stereocenters. The number of aromatic nitrogens is 1. The van der Waals surface area contributed by atoms with Crippen molar-refractivity contribution in [2.45, 2.75) is 23.9 Å². The van der Waals surface area contributed by atoms with Crippen molar-refractivity contribution in [3.8, 4) is 0 Å². The minimum atomic E-state index is -3.81. The maximum atomic E-state index is 12.5. The van der Waals surface area contributed by atoms with E-state index in [9.17, 15) is 18.0 Å². The highest BCUT2D eigenvalue weighted by Crippen LogP contribution is 2.17. The molecule has 2 rings (SSSR count). The van der Waals surface area contributed by atoms with E-state index in [0.717, 1.165) is 4.31 Å². The third-order valence-corrected chi connectivity index (χ3v) is 5.15. The number of nitrogens with two attached hydrogens (primary N) is 1. The number of hydrogen-bond donors (Lipinski definition) is 2. The maximum absolute atomic E-state index is 12.5. The Labute approximate surface area is 128 Å². The summed E-state index contributed by atoms with van der Waals surface area (Å²) >= 11 is 0. The monoisotopic (exact) mass is 326 g/mol. The summed E-state index contributed by atoms with van der Waals surface area (Å²) in [5.74, 6) is -0.779. The number of nitrogens with one attached hydrogen (secondary N) is 1. The Balaban J connectivity index is 2.15. The third kappa shape index (κ3) is 3.67. The highest BCUT2D eigenvalue weighted by atomic mass is 32.2. The number of Topliss-reactive ketones (excluding diaryl/α,β-unsaturated/α-hetero) is 1. The first-order chi connectivity index (χ1) is 10.4. The molecule has 0 spiro atoms. The topological polar surface area (TPSA) is 122 Å². The lowest BCUT2D eigenvalue weighted by molar-refractivity contribution is -0.126. The first kappa shape index (κ1) is 16.5. The molecule has 1 aromatic heterocycles. The summed E-state index contributed by atoms with van der Waals surface area (Å²) in [6.07, 6.45) is 2.24. The normalized spacial score (nSPS) is 20.4. The van der Waals surface area contributed by atoms with Crippen LogP contribution in [0, 0.1) is 0 Å². The van der Waals surface area contributed by atoms with Gasteiger partial charge < -0.3 is 11.1 Å². The van der Waals surface area contributed by atoms with Crippen molar-refractivity contribution in [2.75, 3.05) is 19.6 Å². The van der Waals surface area contributed by atoms with Crippen LogP contribution in [0.2, 0.25) is 0 Å². The number of pyridine rings is 1. The molecule has 1 amide bonds. The molecule has 1 saturated heterocycles. The molecule has 1 fully saturated rings. The van der Waals surface area contributed by atoms with Gasteiger partial charge in [-0.2, -0.15) is 4.31 Å². The van der Waals surface area contributed by atoms with Gasteiger partial charge in [0.1, 0.15) is 0 Å². The minimum Gasteiger partial charge on any atom is -0.345 e. The lowest BCUT2D eigenvalue weighted by Gasteiger charge is -2.19. The average Bonchev–Trinajstić information content (AvgIpc) is 2.70. The number of hydrogen-bond acceptors (Lipinski definition) is 6. The van der Waals surface area contributed by atoms with E-state index in [-0.39, 0.29) is 30.4 Å². The van der Waals surface area contributed by atoms with Gasteiger partial charge in [0.25, 0.3) is 10.0 Å². The number of sulfonamides is 1. The van der Waals surface area contributed by atoms with Gasteiger partial charge in [-0.3, -0.25) is 9.59 Å². The minimum absolute atomic E-state index is 0.0905. The molecular weight excluding hydrogens is 308 g/mol. The molecule has 22 heavy (non-hydrogen) atoms. The molecule has 0 saturated carbocycles. The van der Waals surface area contributed by atoms with Crippen LogP contribution in [-0.2, 0) is 19.6 Å². The summed E-state index contributed by atoms with van der Waals surface area (Å²) in [6.45, 7) is -0.284. The predicted molar refractivity (Wildman–Crippen MR) is 78.2 cm³/mol. The smallest absolute Gasteiger partial charge is 0.260 e. The summed E-state index contributed by atoms with van der Waals surface area (Å²) in [5.41, 5.74) is 5.21. The van der Waals surface area contributed by atoms with Crippen LogP contribution in [0.1, 0.15) is 12.8 Å². The van der Waals surface area contributed by atoms with Crippen LogP contribution in [0.15, 0.2) is 29.4 Å². The number of rotatable bonds is 4. The fourth-order valence-corrected chi connectivity index (χ4v) is 3.61. The number of ketones is 1. The molecule has 8 nitrogen and oxygen atoms in total. The van der Waals surface area contributed by atoms with E-state index in [1.54, 1.807) is 12.1 Å². The van der Waals surface area contributed by atoms with Crippen molar-refractivity contribution in [1.29, 1.82) is 0 Å². The summed E-state index contributed by atoms with van der Waals surface area (Å²) in [7, 11) is -3.81. The van der Waals surface area contributed by atoms with E-state index in [2.05, 4.69) is 10.3 Å². The zero-order valence-electron chi connectivity index (χ0n) is 11.9. The van der Waals surface area contributed by atoms with Gasteiger partial charge in [-0.05, 0) is 25.0 Å². The Morgan fingerprint density at radius 3 is 2.86 bits per heavy atom. The molecule has 120 valence electrons. The quantitative estimate of drug-likeness (QED) is 0.722. The summed E-state index contributed by atoms with van der Waals surface area (Å²) in [4.78, 5) is 27.3. The van der Waals surface area contributed by atoms with E-state index < -0.39 is 22.0 Å². The van der Waals surface area contributed by atoms with Crippen molar-refractivity contribution < 1.29 is 18.0 Å². The van der Waals surface area contributed by atoms with Crippen molar-refractivity contribution in [3.05, 3.63) is 24.4 Å². The Morgan fingerprint density at radius 2 is 2.23 bits per heavy atom. The molecule has 1 atom stereocenters. The van der Waals surface area contributed by atoms with Gasteiger partial charge in [0.15, 0.2) is 10.8 Å². The number of amides is 1. The Bertz CT molecular complexity index is 647. The van der Waals surface area contributed by atoms with Crippen LogP contribution in [-0.4, -0.2) is 55.1 Å². The molecule has 0 aliphatic carbocycles. The molecular formula is C13H18N4O4S. The number of nitrogens with zero attached hydrogens (tertiary/aromatic N) is 2. The second kappa shape index (κ2) is 6.95. The van der Waals surface area contributed by atoms with E-state index in [1.807, 2.05) is 0 Å². The number of carbonyl (C=O) groups excluding carboxylic acids is 2. The molecule has 0 bridgehead atoms. The van der Waals surface area contributed by atoms with Gasteiger partial charge in [0.2, 0.25) is 5.91 Å². The summed E-state index contributed by atoms with van der Waals surface area (Å²) in [5, 5.41) is 2.43. The van der Waals surface area contributed by atoms with E-state index in [0.29, 0.717) is 12.8 Å². The molecule has 1 aromatic rings. The molecule has 1 aliphatic rings. The van der Waals surface area contributed by atoms with Gasteiger partial charge in [-0.1, -0.05) is 6.07 Å². The van der Waals surface area contributed by atoms with Gasteiger partial charge >= 0.3 is 0 Å². The molecule has 0 aromatic carbocycles. The predicted octanol–water partition coefficient (Wildman–Crippen LogP) is -1.12. The Kier molecular flexibility index (Phi) is 5.22. The van der Waals surface area contributed by atoms with Gasteiger partial charge in [0.05, 0.1) is 19.1 Å². The van der Waals surface area contributed by atoms with E-state index >= 15 is 0 Å². The first-order valence-corrected chi connectivity index (χ1v) is 8.32. The van der Waals surface area contributed by atoms with Gasteiger partial charge in [0, 0.05) is 12.7 Å². The standard InChI is InChI=1S/C13H18N4O4S/c14-8-12(19)16-10-4-3-7-17(9-11(10)18)22(20,21)13-5-1-2-6-15-13/h1-2,5-6,10H,3-4,7-9,14H2,(H,16,19). The summed E-state index contributed by atoms with van der Waals surface area (Å²) in [6, 6.07) is 3.88. The molecule has 0 radical (unpaired) electrons. The van der Waals surface area contributed by atoms with Crippen LogP contribution in [0.4, 0.5) is 0 Å². The van der Waals surface area contributed by atoms with Crippen LogP contribution < -0.4 is 11.1 Å². The average molecular weight is 326 g/mol. The van der Waals surface area contributed by atoms with Crippen molar-refractivity contribution in [1.82, 2.24) is 14.6 Å². The Morgan fingerprint density at radius 1 is 1.45 bits per heavy atom. The highest BCUT2D eigenvalue weighted by molar-refractivity contribution is 7.89. The zero-order chi connectivity index (χ0) is 16.2. The highest BCUT2D eigenvalue weighted by Gasteiger charge is 2.33. The second-order valence-corrected chi connectivity index (χ2v) is 6.82. The molecule has 9 heteroatoms. The van der Waals surface area contributed by atoms with Crippen molar-refractivity contribution >= 4 is 21.7 Å². The van der Waals surface area contributed by atoms with Gasteiger partial charge in [-0.15, -0.1) is 0 Å². The van der Waals surface area contributed by atoms with E-state index in [1.165, 1.54) is 12.3 Å². The number of carbonyl (C=O) groups is 2. The Hall–Kier alpha value is -1.84. The molecule has 2 heterocycles. The third-order valence-electron chi connectivity index (χ3n) is 3.38. The largest absolute Gasteiger partial charge is 0.345 e. The maximum Gasteiger partial charge on any atom is 0.260 e. The summed E-state index contributed by atoms with van der Waals surface area (Å²) < 4.78 is 26.1. The fourth-order valence-electron chi connectivity index (χ4n) is 2.24. The van der Waals surface area contributed by atoms with E-state index in [4.69, 9.17) is 5.73 Å². The first-order valence-electron chi connectivity index (χ1n) is 6.88. The SMILES string of the molecule is NCC(=O)NC1CCCN(S(=O)(=O)c2ccccn2)CC1=O. The zero-order valence-corrected chi connectivity index (χ0v) is 12.8. The lowest BCUT2D eigenvalue weighted by Crippen LogP contribution is -2.46. The van der Waals surface area contributed by atoms with Crippen LogP contribution in [0.25, 0.3) is 0 Å². The van der Waals surface area contributed by atoms with Gasteiger partial charge in [-0.25, -0.2) is 13.4 Å². The molecule has 1 aliphatic heterocycles. The lowest BCUT2D eigenvalue weighted by atomic mass is 10.1. The van der Waals surface area contributed by atoms with Crippen molar-refractivity contribution in [2.24, 2.45) is 5.73 Å². The van der Waals surface area contributed by atoms with Crippen LogP contribution in [0.5, 0.6) is 0 Å². The van der Waals surface area contributed by atoms with Crippen LogP contribution >= 0.6 is 0 Å².